The van der Waals surface area contributed by atoms with Crippen molar-refractivity contribution in [2.45, 2.75) is 26.4 Å². The van der Waals surface area contributed by atoms with Crippen LogP contribution in [-0.4, -0.2) is 29.2 Å². The van der Waals surface area contributed by atoms with Gasteiger partial charge in [-0.2, -0.15) is 0 Å². The number of imidazole rings is 1. The number of carbonyl (C=O) groups excluding carboxylic acids is 1. The van der Waals surface area contributed by atoms with Gasteiger partial charge in [0, 0.05) is 12.5 Å². The molecule has 1 amide bonds. The van der Waals surface area contributed by atoms with E-state index in [9.17, 15) is 4.79 Å². The predicted molar refractivity (Wildman–Crippen MR) is 100 cm³/mol. The Morgan fingerprint density at radius 2 is 1.96 bits per heavy atom. The number of hydrogen-bond acceptors (Lipinski definition) is 4. The highest BCUT2D eigenvalue weighted by Gasteiger charge is 2.11. The SMILES string of the molecule is CCC(=O)NCc1nc2ccccc2n1CCOc1cccc(OC)c1. The third-order valence-electron chi connectivity index (χ3n) is 4.12. The van der Waals surface area contributed by atoms with E-state index < -0.39 is 0 Å². The molecule has 0 unspecified atom stereocenters. The van der Waals surface area contributed by atoms with Gasteiger partial charge in [-0.05, 0) is 24.3 Å². The molecule has 1 N–H and O–H groups in total. The third kappa shape index (κ3) is 4.14. The average molecular weight is 353 g/mol. The van der Waals surface area contributed by atoms with E-state index in [-0.39, 0.29) is 5.91 Å². The van der Waals surface area contributed by atoms with Crippen LogP contribution in [0, 0.1) is 0 Å². The van der Waals surface area contributed by atoms with Crippen LogP contribution in [0.15, 0.2) is 48.5 Å². The zero-order valence-electron chi connectivity index (χ0n) is 15.1. The summed E-state index contributed by atoms with van der Waals surface area (Å²) in [4.78, 5) is 16.2. The van der Waals surface area contributed by atoms with Crippen LogP contribution in [0.4, 0.5) is 0 Å². The van der Waals surface area contributed by atoms with E-state index in [1.165, 1.54) is 0 Å². The van der Waals surface area contributed by atoms with Crippen molar-refractivity contribution in [3.63, 3.8) is 0 Å². The van der Waals surface area contributed by atoms with Crippen LogP contribution in [-0.2, 0) is 17.9 Å². The van der Waals surface area contributed by atoms with Crippen LogP contribution in [0.25, 0.3) is 11.0 Å². The molecular weight excluding hydrogens is 330 g/mol. The molecule has 0 bridgehead atoms. The minimum atomic E-state index is 0.0104. The van der Waals surface area contributed by atoms with Gasteiger partial charge in [0.15, 0.2) is 0 Å². The lowest BCUT2D eigenvalue weighted by atomic mass is 10.3. The van der Waals surface area contributed by atoms with Crippen LogP contribution in [0.5, 0.6) is 11.5 Å². The van der Waals surface area contributed by atoms with E-state index in [2.05, 4.69) is 14.9 Å². The van der Waals surface area contributed by atoms with Crippen molar-refractivity contribution in [2.75, 3.05) is 13.7 Å². The number of benzene rings is 2. The number of nitrogens with one attached hydrogen (secondary N) is 1. The lowest BCUT2D eigenvalue weighted by molar-refractivity contribution is -0.120. The smallest absolute Gasteiger partial charge is 0.220 e. The first-order chi connectivity index (χ1) is 12.7. The number of ether oxygens (including phenoxy) is 2. The van der Waals surface area contributed by atoms with Gasteiger partial charge < -0.3 is 19.4 Å². The Morgan fingerprint density at radius 3 is 2.77 bits per heavy atom. The Hall–Kier alpha value is -3.02. The summed E-state index contributed by atoms with van der Waals surface area (Å²) in [5, 5.41) is 2.89. The molecule has 0 aliphatic rings. The second-order valence-electron chi connectivity index (χ2n) is 5.83. The van der Waals surface area contributed by atoms with Gasteiger partial charge in [-0.1, -0.05) is 25.1 Å². The molecule has 0 radical (unpaired) electrons. The highest BCUT2D eigenvalue weighted by atomic mass is 16.5. The average Bonchev–Trinajstić information content (AvgIpc) is 3.04. The number of amides is 1. The summed E-state index contributed by atoms with van der Waals surface area (Å²) in [5.41, 5.74) is 1.94. The Morgan fingerprint density at radius 1 is 1.15 bits per heavy atom. The van der Waals surface area contributed by atoms with Crippen molar-refractivity contribution < 1.29 is 14.3 Å². The van der Waals surface area contributed by atoms with Crippen molar-refractivity contribution in [3.8, 4) is 11.5 Å². The highest BCUT2D eigenvalue weighted by Crippen LogP contribution is 2.20. The number of rotatable bonds is 8. The number of para-hydroxylation sites is 2. The molecule has 0 atom stereocenters. The van der Waals surface area contributed by atoms with Crippen molar-refractivity contribution >= 4 is 16.9 Å². The van der Waals surface area contributed by atoms with Crippen LogP contribution in [0.1, 0.15) is 19.2 Å². The van der Waals surface area contributed by atoms with Gasteiger partial charge in [0.2, 0.25) is 5.91 Å². The highest BCUT2D eigenvalue weighted by molar-refractivity contribution is 5.77. The molecule has 0 aliphatic carbocycles. The Kier molecular flexibility index (Phi) is 5.73. The van der Waals surface area contributed by atoms with Gasteiger partial charge >= 0.3 is 0 Å². The Balaban J connectivity index is 1.73. The molecule has 0 fully saturated rings. The van der Waals surface area contributed by atoms with Gasteiger partial charge in [0.05, 0.1) is 31.2 Å². The fourth-order valence-electron chi connectivity index (χ4n) is 2.76. The lowest BCUT2D eigenvalue weighted by Gasteiger charge is -2.12. The summed E-state index contributed by atoms with van der Waals surface area (Å²) >= 11 is 0. The zero-order chi connectivity index (χ0) is 18.4. The summed E-state index contributed by atoms with van der Waals surface area (Å²) in [6, 6.07) is 15.5. The number of nitrogens with zero attached hydrogens (tertiary/aromatic N) is 2. The molecule has 136 valence electrons. The summed E-state index contributed by atoms with van der Waals surface area (Å²) in [6.07, 6.45) is 0.458. The first-order valence-electron chi connectivity index (χ1n) is 8.69. The van der Waals surface area contributed by atoms with Gasteiger partial charge in [-0.25, -0.2) is 4.98 Å². The molecular formula is C20H23N3O3. The molecule has 1 heterocycles. The van der Waals surface area contributed by atoms with Crippen LogP contribution < -0.4 is 14.8 Å². The second-order valence-corrected chi connectivity index (χ2v) is 5.83. The molecule has 2 aromatic carbocycles. The largest absolute Gasteiger partial charge is 0.497 e. The summed E-state index contributed by atoms with van der Waals surface area (Å²) in [5.74, 6) is 2.35. The van der Waals surface area contributed by atoms with Crippen molar-refractivity contribution in [3.05, 3.63) is 54.4 Å². The van der Waals surface area contributed by atoms with Gasteiger partial charge in [-0.15, -0.1) is 0 Å². The van der Waals surface area contributed by atoms with E-state index in [1.54, 1.807) is 7.11 Å². The normalized spacial score (nSPS) is 10.7. The summed E-state index contributed by atoms with van der Waals surface area (Å²) in [7, 11) is 1.63. The maximum atomic E-state index is 11.6. The minimum Gasteiger partial charge on any atom is -0.497 e. The molecule has 0 aliphatic heterocycles. The van der Waals surface area contributed by atoms with Gasteiger partial charge in [-0.3, -0.25) is 4.79 Å². The molecule has 0 saturated heterocycles. The molecule has 1 aromatic heterocycles. The maximum Gasteiger partial charge on any atom is 0.220 e. The van der Waals surface area contributed by atoms with Crippen molar-refractivity contribution in [2.24, 2.45) is 0 Å². The molecule has 3 rings (SSSR count). The topological polar surface area (TPSA) is 65.4 Å². The first kappa shape index (κ1) is 17.8. The number of fused-ring (bicyclic) bond motifs is 1. The fraction of sp³-hybridized carbons (Fsp3) is 0.300. The summed E-state index contributed by atoms with van der Waals surface area (Å²) in [6.45, 7) is 3.36. The third-order valence-corrected chi connectivity index (χ3v) is 4.12. The van der Waals surface area contributed by atoms with E-state index in [1.807, 2.05) is 55.5 Å². The molecule has 6 heteroatoms. The molecule has 3 aromatic rings. The lowest BCUT2D eigenvalue weighted by Crippen LogP contribution is -2.24. The molecule has 0 saturated carbocycles. The van der Waals surface area contributed by atoms with E-state index in [0.29, 0.717) is 26.1 Å². The minimum absolute atomic E-state index is 0.0104. The van der Waals surface area contributed by atoms with Crippen LogP contribution in [0.2, 0.25) is 0 Å². The molecule has 6 nitrogen and oxygen atoms in total. The van der Waals surface area contributed by atoms with Gasteiger partial charge in [0.25, 0.3) is 0 Å². The number of methoxy groups -OCH3 is 1. The zero-order valence-corrected chi connectivity index (χ0v) is 15.1. The van der Waals surface area contributed by atoms with Gasteiger partial charge in [0.1, 0.15) is 23.9 Å². The first-order valence-corrected chi connectivity index (χ1v) is 8.69. The van der Waals surface area contributed by atoms with E-state index >= 15 is 0 Å². The maximum absolute atomic E-state index is 11.6. The monoisotopic (exact) mass is 353 g/mol. The second kappa shape index (κ2) is 8.38. The number of aromatic nitrogens is 2. The van der Waals surface area contributed by atoms with Crippen molar-refractivity contribution in [1.29, 1.82) is 0 Å². The summed E-state index contributed by atoms with van der Waals surface area (Å²) < 4.78 is 13.2. The standard InChI is InChI=1S/C20H23N3O3/c1-3-20(24)21-14-19-22-17-9-4-5-10-18(17)23(19)11-12-26-16-8-6-7-15(13-16)25-2/h4-10,13H,3,11-12,14H2,1-2H3,(H,21,24). The number of carbonyl (C=O) groups is 1. The van der Waals surface area contributed by atoms with E-state index in [4.69, 9.17) is 9.47 Å². The quantitative estimate of drug-likeness (QED) is 0.676. The van der Waals surface area contributed by atoms with Crippen LogP contribution in [0.3, 0.4) is 0 Å². The molecule has 26 heavy (non-hydrogen) atoms. The van der Waals surface area contributed by atoms with Crippen LogP contribution >= 0.6 is 0 Å². The fourth-order valence-corrected chi connectivity index (χ4v) is 2.76. The van der Waals surface area contributed by atoms with Crippen molar-refractivity contribution in [1.82, 2.24) is 14.9 Å². The number of hydrogen-bond donors (Lipinski definition) is 1. The Labute approximate surface area is 152 Å². The Bertz CT molecular complexity index is 889. The predicted octanol–water partition coefficient (Wildman–Crippen LogP) is 3.15. The van der Waals surface area contributed by atoms with E-state index in [0.717, 1.165) is 28.4 Å². The molecule has 0 spiro atoms.